The van der Waals surface area contributed by atoms with Crippen molar-refractivity contribution in [2.24, 2.45) is 5.73 Å². The van der Waals surface area contributed by atoms with E-state index in [1.165, 1.54) is 0 Å². The average Bonchev–Trinajstić information content (AvgIpc) is 2.18. The molecule has 0 fully saturated rings. The van der Waals surface area contributed by atoms with Gasteiger partial charge in [0.15, 0.2) is 0 Å². The minimum absolute atomic E-state index is 0.0385. The topological polar surface area (TPSA) is 47.3 Å². The van der Waals surface area contributed by atoms with Gasteiger partial charge in [-0.15, -0.1) is 0 Å². The molecule has 1 rings (SSSR count). The van der Waals surface area contributed by atoms with Crippen molar-refractivity contribution >= 4 is 11.6 Å². The van der Waals surface area contributed by atoms with Crippen molar-refractivity contribution in [3.05, 3.63) is 28.8 Å². The summed E-state index contributed by atoms with van der Waals surface area (Å²) in [6.45, 7) is 0.725. The summed E-state index contributed by atoms with van der Waals surface area (Å²) >= 11 is 5.97. The third kappa shape index (κ3) is 2.61. The van der Waals surface area contributed by atoms with E-state index in [-0.39, 0.29) is 6.04 Å². The fraction of sp³-hybridized carbons (Fsp3) is 0.400. The summed E-state index contributed by atoms with van der Waals surface area (Å²) in [6, 6.07) is 5.55. The monoisotopic (exact) mass is 214 g/mol. The standard InChI is InChI=1S/C10H15ClN2O/c1-13-6-9(12)7-3-4-10(14-2)8(11)5-7/h3-5,9,13H,6,12H2,1-2H3. The van der Waals surface area contributed by atoms with Crippen LogP contribution in [0.25, 0.3) is 0 Å². The van der Waals surface area contributed by atoms with Gasteiger partial charge < -0.3 is 15.8 Å². The minimum Gasteiger partial charge on any atom is -0.495 e. The summed E-state index contributed by atoms with van der Waals surface area (Å²) in [4.78, 5) is 0. The Labute approximate surface area is 89.2 Å². The van der Waals surface area contributed by atoms with Crippen molar-refractivity contribution in [2.45, 2.75) is 6.04 Å². The second-order valence-electron chi connectivity index (χ2n) is 3.06. The van der Waals surface area contributed by atoms with Crippen LogP contribution in [0.2, 0.25) is 5.02 Å². The zero-order chi connectivity index (χ0) is 10.6. The average molecular weight is 215 g/mol. The molecule has 0 aliphatic heterocycles. The van der Waals surface area contributed by atoms with Crippen LogP contribution in [0.15, 0.2) is 18.2 Å². The number of hydrogen-bond donors (Lipinski definition) is 2. The number of hydrogen-bond acceptors (Lipinski definition) is 3. The van der Waals surface area contributed by atoms with Crippen molar-refractivity contribution in [2.75, 3.05) is 20.7 Å². The summed E-state index contributed by atoms with van der Waals surface area (Å²) in [5.74, 6) is 0.673. The first-order valence-corrected chi connectivity index (χ1v) is 4.80. The van der Waals surface area contributed by atoms with Crippen molar-refractivity contribution in [1.82, 2.24) is 5.32 Å². The Bertz CT molecular complexity index is 304. The Morgan fingerprint density at radius 2 is 2.29 bits per heavy atom. The molecule has 0 aromatic heterocycles. The molecule has 1 aromatic carbocycles. The molecule has 1 atom stereocenters. The lowest BCUT2D eigenvalue weighted by atomic mass is 10.1. The van der Waals surface area contributed by atoms with E-state index in [0.717, 1.165) is 12.1 Å². The molecule has 3 nitrogen and oxygen atoms in total. The summed E-state index contributed by atoms with van der Waals surface area (Å²) in [7, 11) is 3.46. The fourth-order valence-corrected chi connectivity index (χ4v) is 1.52. The first-order chi connectivity index (χ1) is 6.69. The quantitative estimate of drug-likeness (QED) is 0.800. The summed E-state index contributed by atoms with van der Waals surface area (Å²) < 4.78 is 5.05. The van der Waals surface area contributed by atoms with Crippen LogP contribution >= 0.6 is 11.6 Å². The Hall–Kier alpha value is -0.770. The van der Waals surface area contributed by atoms with Crippen LogP contribution in [0.4, 0.5) is 0 Å². The molecule has 0 aliphatic carbocycles. The maximum absolute atomic E-state index is 5.97. The Kier molecular flexibility index (Phi) is 4.20. The minimum atomic E-state index is -0.0385. The van der Waals surface area contributed by atoms with Crippen LogP contribution in [0, 0.1) is 0 Å². The molecule has 0 radical (unpaired) electrons. The van der Waals surface area contributed by atoms with E-state index in [9.17, 15) is 0 Å². The molecule has 0 saturated carbocycles. The zero-order valence-electron chi connectivity index (χ0n) is 8.38. The smallest absolute Gasteiger partial charge is 0.137 e. The predicted molar refractivity (Wildman–Crippen MR) is 58.9 cm³/mol. The van der Waals surface area contributed by atoms with Crippen LogP contribution in [0.5, 0.6) is 5.75 Å². The first-order valence-electron chi connectivity index (χ1n) is 4.42. The van der Waals surface area contributed by atoms with Crippen LogP contribution < -0.4 is 15.8 Å². The van der Waals surface area contributed by atoms with Crippen LogP contribution in [-0.2, 0) is 0 Å². The van der Waals surface area contributed by atoms with Gasteiger partial charge >= 0.3 is 0 Å². The van der Waals surface area contributed by atoms with Gasteiger partial charge in [-0.05, 0) is 24.7 Å². The summed E-state index contributed by atoms with van der Waals surface area (Å²) in [5, 5.41) is 3.61. The van der Waals surface area contributed by atoms with E-state index in [0.29, 0.717) is 10.8 Å². The SMILES string of the molecule is CNCC(N)c1ccc(OC)c(Cl)c1. The number of rotatable bonds is 4. The highest BCUT2D eigenvalue weighted by molar-refractivity contribution is 6.32. The number of nitrogens with two attached hydrogens (primary N) is 1. The van der Waals surface area contributed by atoms with Gasteiger partial charge in [0.1, 0.15) is 5.75 Å². The number of ether oxygens (including phenoxy) is 1. The van der Waals surface area contributed by atoms with Crippen molar-refractivity contribution < 1.29 is 4.74 Å². The Morgan fingerprint density at radius 3 is 2.79 bits per heavy atom. The van der Waals surface area contributed by atoms with E-state index >= 15 is 0 Å². The van der Waals surface area contributed by atoms with E-state index in [4.69, 9.17) is 22.1 Å². The van der Waals surface area contributed by atoms with Gasteiger partial charge in [0, 0.05) is 12.6 Å². The third-order valence-corrected chi connectivity index (χ3v) is 2.32. The van der Waals surface area contributed by atoms with Crippen LogP contribution in [0.1, 0.15) is 11.6 Å². The molecule has 0 saturated heterocycles. The van der Waals surface area contributed by atoms with Gasteiger partial charge in [-0.3, -0.25) is 0 Å². The molecule has 0 bridgehead atoms. The maximum atomic E-state index is 5.97. The molecule has 1 aromatic rings. The molecule has 3 N–H and O–H groups in total. The normalized spacial score (nSPS) is 12.6. The molecular formula is C10H15ClN2O. The second-order valence-corrected chi connectivity index (χ2v) is 3.47. The highest BCUT2D eigenvalue weighted by Crippen LogP contribution is 2.26. The highest BCUT2D eigenvalue weighted by Gasteiger charge is 2.07. The molecule has 0 amide bonds. The molecule has 0 aliphatic rings. The maximum Gasteiger partial charge on any atom is 0.137 e. The number of nitrogens with one attached hydrogen (secondary N) is 1. The number of benzene rings is 1. The van der Waals surface area contributed by atoms with Gasteiger partial charge in [-0.2, -0.15) is 0 Å². The number of likely N-dealkylation sites (N-methyl/N-ethyl adjacent to an activating group) is 1. The largest absolute Gasteiger partial charge is 0.495 e. The lowest BCUT2D eigenvalue weighted by Crippen LogP contribution is -2.23. The molecule has 0 heterocycles. The lowest BCUT2D eigenvalue weighted by molar-refractivity contribution is 0.414. The second kappa shape index (κ2) is 5.20. The number of halogens is 1. The van der Waals surface area contributed by atoms with Crippen LogP contribution in [-0.4, -0.2) is 20.7 Å². The van der Waals surface area contributed by atoms with Crippen molar-refractivity contribution in [1.29, 1.82) is 0 Å². The molecule has 14 heavy (non-hydrogen) atoms. The molecule has 78 valence electrons. The van der Waals surface area contributed by atoms with E-state index < -0.39 is 0 Å². The van der Waals surface area contributed by atoms with E-state index in [1.54, 1.807) is 7.11 Å². The predicted octanol–water partition coefficient (Wildman–Crippen LogP) is 1.57. The van der Waals surface area contributed by atoms with E-state index in [1.807, 2.05) is 25.2 Å². The zero-order valence-corrected chi connectivity index (χ0v) is 9.14. The molecule has 0 spiro atoms. The van der Waals surface area contributed by atoms with Gasteiger partial charge in [0.25, 0.3) is 0 Å². The van der Waals surface area contributed by atoms with Gasteiger partial charge in [-0.25, -0.2) is 0 Å². The highest BCUT2D eigenvalue weighted by atomic mass is 35.5. The van der Waals surface area contributed by atoms with Crippen LogP contribution in [0.3, 0.4) is 0 Å². The summed E-state index contributed by atoms with van der Waals surface area (Å²) in [5.41, 5.74) is 6.91. The Balaban J connectivity index is 2.85. The molecule has 4 heteroatoms. The van der Waals surface area contributed by atoms with Gasteiger partial charge in [0.2, 0.25) is 0 Å². The third-order valence-electron chi connectivity index (χ3n) is 2.03. The van der Waals surface area contributed by atoms with Crippen molar-refractivity contribution in [3.8, 4) is 5.75 Å². The summed E-state index contributed by atoms with van der Waals surface area (Å²) in [6.07, 6.45) is 0. The first kappa shape index (κ1) is 11.3. The lowest BCUT2D eigenvalue weighted by Gasteiger charge is -2.12. The van der Waals surface area contributed by atoms with Crippen molar-refractivity contribution in [3.63, 3.8) is 0 Å². The molecule has 1 unspecified atom stereocenters. The van der Waals surface area contributed by atoms with E-state index in [2.05, 4.69) is 5.32 Å². The van der Waals surface area contributed by atoms with Gasteiger partial charge in [0.05, 0.1) is 12.1 Å². The fourth-order valence-electron chi connectivity index (χ4n) is 1.25. The Morgan fingerprint density at radius 1 is 1.57 bits per heavy atom. The molecular weight excluding hydrogens is 200 g/mol. The number of methoxy groups -OCH3 is 1. The van der Waals surface area contributed by atoms with Gasteiger partial charge in [-0.1, -0.05) is 17.7 Å².